The molecule has 0 aliphatic carbocycles. The number of pyridine rings is 1. The average Bonchev–Trinajstić information content (AvgIpc) is 2.25. The standard InChI is InChI=1S/C10H10N2OS/c1-3-6-11-9(13)8-5-4-7-12-10(8)14-2/h1,4-5,7H,6H2,2H3,(H,11,13). The highest BCUT2D eigenvalue weighted by Gasteiger charge is 2.09. The lowest BCUT2D eigenvalue weighted by Crippen LogP contribution is -2.24. The summed E-state index contributed by atoms with van der Waals surface area (Å²) >= 11 is 1.43. The fourth-order valence-corrected chi connectivity index (χ4v) is 1.50. The van der Waals surface area contributed by atoms with Crippen molar-refractivity contribution >= 4 is 17.7 Å². The summed E-state index contributed by atoms with van der Waals surface area (Å²) in [7, 11) is 0. The zero-order valence-electron chi connectivity index (χ0n) is 7.78. The van der Waals surface area contributed by atoms with Gasteiger partial charge in [-0.3, -0.25) is 4.79 Å². The molecule has 0 radical (unpaired) electrons. The molecule has 0 aliphatic rings. The summed E-state index contributed by atoms with van der Waals surface area (Å²) in [5.41, 5.74) is 0.565. The van der Waals surface area contributed by atoms with Crippen molar-refractivity contribution in [2.45, 2.75) is 5.03 Å². The van der Waals surface area contributed by atoms with Crippen LogP contribution < -0.4 is 5.32 Å². The van der Waals surface area contributed by atoms with Crippen molar-refractivity contribution in [1.29, 1.82) is 0 Å². The van der Waals surface area contributed by atoms with Gasteiger partial charge in [0.1, 0.15) is 5.03 Å². The fourth-order valence-electron chi connectivity index (χ4n) is 0.953. The maximum atomic E-state index is 11.5. The van der Waals surface area contributed by atoms with Crippen LogP contribution in [0.15, 0.2) is 23.4 Å². The number of hydrogen-bond acceptors (Lipinski definition) is 3. The number of aromatic nitrogens is 1. The molecule has 0 fully saturated rings. The summed E-state index contributed by atoms with van der Waals surface area (Å²) in [5.74, 6) is 2.17. The van der Waals surface area contributed by atoms with E-state index in [9.17, 15) is 4.79 Å². The van der Waals surface area contributed by atoms with Crippen LogP contribution in [0.5, 0.6) is 0 Å². The van der Waals surface area contributed by atoms with Crippen LogP contribution in [0.3, 0.4) is 0 Å². The lowest BCUT2D eigenvalue weighted by Gasteiger charge is -2.04. The number of nitrogens with zero attached hydrogens (tertiary/aromatic N) is 1. The van der Waals surface area contributed by atoms with Crippen LogP contribution >= 0.6 is 11.8 Å². The number of thioether (sulfide) groups is 1. The lowest BCUT2D eigenvalue weighted by atomic mass is 10.3. The Morgan fingerprint density at radius 2 is 2.57 bits per heavy atom. The van der Waals surface area contributed by atoms with E-state index in [1.807, 2.05) is 6.26 Å². The number of nitrogens with one attached hydrogen (secondary N) is 1. The molecule has 0 aliphatic heterocycles. The first-order valence-corrected chi connectivity index (χ1v) is 5.22. The molecule has 1 aromatic heterocycles. The van der Waals surface area contributed by atoms with Crippen LogP contribution in [0.1, 0.15) is 10.4 Å². The first-order valence-electron chi connectivity index (χ1n) is 4.00. The third kappa shape index (κ3) is 2.51. The third-order valence-corrected chi connectivity index (χ3v) is 2.27. The van der Waals surface area contributed by atoms with E-state index >= 15 is 0 Å². The molecule has 0 aromatic carbocycles. The molecule has 0 unspecified atom stereocenters. The summed E-state index contributed by atoms with van der Waals surface area (Å²) < 4.78 is 0. The van der Waals surface area contributed by atoms with Crippen LogP contribution in [-0.2, 0) is 0 Å². The number of amides is 1. The second kappa shape index (κ2) is 5.30. The Morgan fingerprint density at radius 3 is 3.21 bits per heavy atom. The Morgan fingerprint density at radius 1 is 1.79 bits per heavy atom. The van der Waals surface area contributed by atoms with Gasteiger partial charge in [0.25, 0.3) is 5.91 Å². The van der Waals surface area contributed by atoms with Crippen LogP contribution in [0.25, 0.3) is 0 Å². The van der Waals surface area contributed by atoms with Crippen molar-refractivity contribution in [2.24, 2.45) is 0 Å². The Balaban J connectivity index is 2.84. The van der Waals surface area contributed by atoms with Crippen molar-refractivity contribution in [2.75, 3.05) is 12.8 Å². The highest BCUT2D eigenvalue weighted by molar-refractivity contribution is 7.98. The molecule has 1 N–H and O–H groups in total. The van der Waals surface area contributed by atoms with Gasteiger partial charge in [-0.15, -0.1) is 18.2 Å². The second-order valence-electron chi connectivity index (χ2n) is 2.45. The summed E-state index contributed by atoms with van der Waals surface area (Å²) in [6.45, 7) is 0.238. The zero-order valence-corrected chi connectivity index (χ0v) is 8.60. The van der Waals surface area contributed by atoms with Gasteiger partial charge >= 0.3 is 0 Å². The number of rotatable bonds is 3. The third-order valence-electron chi connectivity index (χ3n) is 1.56. The highest BCUT2D eigenvalue weighted by Crippen LogP contribution is 2.16. The topological polar surface area (TPSA) is 42.0 Å². The molecule has 0 saturated heterocycles. The minimum atomic E-state index is -0.180. The van der Waals surface area contributed by atoms with E-state index in [-0.39, 0.29) is 12.5 Å². The highest BCUT2D eigenvalue weighted by atomic mass is 32.2. The largest absolute Gasteiger partial charge is 0.341 e. The Labute approximate surface area is 87.3 Å². The van der Waals surface area contributed by atoms with Crippen molar-refractivity contribution in [3.8, 4) is 12.3 Å². The molecule has 1 amide bonds. The van der Waals surface area contributed by atoms with Gasteiger partial charge in [-0.05, 0) is 18.4 Å². The molecule has 72 valence electrons. The SMILES string of the molecule is C#CCNC(=O)c1cccnc1SC. The first kappa shape index (κ1) is 10.6. The molecule has 3 nitrogen and oxygen atoms in total. The molecule has 0 saturated carbocycles. The molecule has 4 heteroatoms. The molecule has 1 heterocycles. The molecule has 0 atom stereocenters. The van der Waals surface area contributed by atoms with E-state index in [2.05, 4.69) is 16.2 Å². The van der Waals surface area contributed by atoms with E-state index in [0.717, 1.165) is 0 Å². The van der Waals surface area contributed by atoms with Gasteiger partial charge < -0.3 is 5.32 Å². The van der Waals surface area contributed by atoms with E-state index < -0.39 is 0 Å². The van der Waals surface area contributed by atoms with E-state index in [4.69, 9.17) is 6.42 Å². The van der Waals surface area contributed by atoms with Gasteiger partial charge in [0.2, 0.25) is 0 Å². The maximum Gasteiger partial charge on any atom is 0.254 e. The maximum absolute atomic E-state index is 11.5. The van der Waals surface area contributed by atoms with Gasteiger partial charge in [0, 0.05) is 6.20 Å². The van der Waals surface area contributed by atoms with Gasteiger partial charge in [-0.25, -0.2) is 4.98 Å². The second-order valence-corrected chi connectivity index (χ2v) is 3.24. The molecule has 0 bridgehead atoms. The first-order chi connectivity index (χ1) is 6.79. The molecule has 1 aromatic rings. The number of terminal acetylenes is 1. The predicted molar refractivity (Wildman–Crippen MR) is 57.2 cm³/mol. The van der Waals surface area contributed by atoms with E-state index in [1.54, 1.807) is 18.3 Å². The Bertz CT molecular complexity index is 371. The van der Waals surface area contributed by atoms with E-state index in [0.29, 0.717) is 10.6 Å². The van der Waals surface area contributed by atoms with Crippen LogP contribution in [-0.4, -0.2) is 23.7 Å². The van der Waals surface area contributed by atoms with Crippen LogP contribution in [0.4, 0.5) is 0 Å². The average molecular weight is 206 g/mol. The molecule has 14 heavy (non-hydrogen) atoms. The van der Waals surface area contributed by atoms with E-state index in [1.165, 1.54) is 11.8 Å². The van der Waals surface area contributed by atoms with Crippen molar-refractivity contribution in [3.63, 3.8) is 0 Å². The molecular weight excluding hydrogens is 196 g/mol. The number of hydrogen-bond donors (Lipinski definition) is 1. The van der Waals surface area contributed by atoms with Gasteiger partial charge in [-0.2, -0.15) is 0 Å². The Hall–Kier alpha value is -1.47. The fraction of sp³-hybridized carbons (Fsp3) is 0.200. The quantitative estimate of drug-likeness (QED) is 0.596. The summed E-state index contributed by atoms with van der Waals surface area (Å²) in [6, 6.07) is 3.45. The van der Waals surface area contributed by atoms with Crippen molar-refractivity contribution in [3.05, 3.63) is 23.9 Å². The summed E-state index contributed by atoms with van der Waals surface area (Å²) in [4.78, 5) is 15.6. The smallest absolute Gasteiger partial charge is 0.254 e. The monoisotopic (exact) mass is 206 g/mol. The predicted octanol–water partition coefficient (Wildman–Crippen LogP) is 1.17. The van der Waals surface area contributed by atoms with Gasteiger partial charge in [-0.1, -0.05) is 5.92 Å². The van der Waals surface area contributed by atoms with Crippen LogP contribution in [0.2, 0.25) is 0 Å². The minimum Gasteiger partial charge on any atom is -0.341 e. The number of carbonyl (C=O) groups excluding carboxylic acids is 1. The summed E-state index contributed by atoms with van der Waals surface area (Å²) in [5, 5.41) is 3.31. The van der Waals surface area contributed by atoms with Crippen molar-refractivity contribution < 1.29 is 4.79 Å². The number of carbonyl (C=O) groups is 1. The molecule has 0 spiro atoms. The van der Waals surface area contributed by atoms with Gasteiger partial charge in [0.05, 0.1) is 12.1 Å². The zero-order chi connectivity index (χ0) is 10.4. The molecule has 1 rings (SSSR count). The van der Waals surface area contributed by atoms with Crippen LogP contribution in [0, 0.1) is 12.3 Å². The Kier molecular flexibility index (Phi) is 4.02. The minimum absolute atomic E-state index is 0.180. The normalized spacial score (nSPS) is 9.14. The summed E-state index contributed by atoms with van der Waals surface area (Å²) in [6.07, 6.45) is 8.57. The molecular formula is C10H10N2OS. The lowest BCUT2D eigenvalue weighted by molar-refractivity contribution is 0.0955. The van der Waals surface area contributed by atoms with Crippen molar-refractivity contribution in [1.82, 2.24) is 10.3 Å². The van der Waals surface area contributed by atoms with Gasteiger partial charge in [0.15, 0.2) is 0 Å².